The first-order chi connectivity index (χ1) is 7.40. The highest BCUT2D eigenvalue weighted by Gasteiger charge is 2.18. The van der Waals surface area contributed by atoms with E-state index in [4.69, 9.17) is 10.1 Å². The lowest BCUT2D eigenvalue weighted by Gasteiger charge is -2.19. The number of nitrogens with zero attached hydrogens (tertiary/aromatic N) is 4. The van der Waals surface area contributed by atoms with Crippen LogP contribution in [0.15, 0.2) is 15.7 Å². The molecule has 0 spiro atoms. The van der Waals surface area contributed by atoms with Gasteiger partial charge in [0.05, 0.1) is 12.2 Å². The van der Waals surface area contributed by atoms with Crippen molar-refractivity contribution in [3.8, 4) is 0 Å². The minimum absolute atomic E-state index is 0.245. The number of azide groups is 1. The Bertz CT molecular complexity index is 362. The maximum absolute atomic E-state index is 8.17. The summed E-state index contributed by atoms with van der Waals surface area (Å²) in [5.41, 5.74) is 9.16. The Kier molecular flexibility index (Phi) is 3.22. The van der Waals surface area contributed by atoms with E-state index >= 15 is 0 Å². The quantitative estimate of drug-likeness (QED) is 0.467. The first-order valence-electron chi connectivity index (χ1n) is 5.07. The van der Waals surface area contributed by atoms with Crippen molar-refractivity contribution in [3.63, 3.8) is 0 Å². The Morgan fingerprint density at radius 1 is 1.60 bits per heavy atom. The molecule has 1 aromatic rings. The summed E-state index contributed by atoms with van der Waals surface area (Å²) in [6, 6.07) is 1.89. The summed E-state index contributed by atoms with van der Waals surface area (Å²) in [4.78, 5) is 2.68. The number of aromatic nitrogens is 1. The first kappa shape index (κ1) is 10.0. The van der Waals surface area contributed by atoms with Crippen molar-refractivity contribution in [2.75, 3.05) is 13.1 Å². The van der Waals surface area contributed by atoms with Gasteiger partial charge in [0, 0.05) is 16.9 Å². The number of rotatable bonds is 3. The SMILES string of the molecule is [N-]=[N+]=NCc1cc(C2CCNCC2)no1. The van der Waals surface area contributed by atoms with Gasteiger partial charge in [0.15, 0.2) is 0 Å². The van der Waals surface area contributed by atoms with E-state index < -0.39 is 0 Å². The van der Waals surface area contributed by atoms with Crippen LogP contribution >= 0.6 is 0 Å². The zero-order valence-corrected chi connectivity index (χ0v) is 8.39. The van der Waals surface area contributed by atoms with E-state index in [9.17, 15) is 0 Å². The standard InChI is InChI=1S/C9H13N5O/c10-14-12-6-8-5-9(13-15-8)7-1-3-11-4-2-7/h5,7,11H,1-4,6H2. The average molecular weight is 207 g/mol. The molecule has 1 aliphatic rings. The summed E-state index contributed by atoms with van der Waals surface area (Å²) in [6.07, 6.45) is 2.18. The molecule has 1 aliphatic heterocycles. The Balaban J connectivity index is 2.01. The highest BCUT2D eigenvalue weighted by atomic mass is 16.5. The third kappa shape index (κ3) is 2.49. The molecule has 6 nitrogen and oxygen atoms in total. The molecule has 2 rings (SSSR count). The second-order valence-corrected chi connectivity index (χ2v) is 3.63. The maximum atomic E-state index is 8.17. The highest BCUT2D eigenvalue weighted by Crippen LogP contribution is 2.24. The van der Waals surface area contributed by atoms with Crippen LogP contribution in [0, 0.1) is 0 Å². The molecule has 0 bridgehead atoms. The smallest absolute Gasteiger partial charge is 0.142 e. The highest BCUT2D eigenvalue weighted by molar-refractivity contribution is 5.11. The molecule has 0 saturated carbocycles. The van der Waals surface area contributed by atoms with Crippen molar-refractivity contribution in [1.29, 1.82) is 0 Å². The molecule has 0 atom stereocenters. The lowest BCUT2D eigenvalue weighted by molar-refractivity contribution is 0.362. The van der Waals surface area contributed by atoms with Gasteiger partial charge in [-0.3, -0.25) is 0 Å². The predicted molar refractivity (Wildman–Crippen MR) is 54.2 cm³/mol. The fraction of sp³-hybridized carbons (Fsp3) is 0.667. The molecule has 15 heavy (non-hydrogen) atoms. The molecule has 1 fully saturated rings. The van der Waals surface area contributed by atoms with Crippen LogP contribution in [0.5, 0.6) is 0 Å². The molecule has 2 heterocycles. The number of piperidine rings is 1. The fourth-order valence-corrected chi connectivity index (χ4v) is 1.81. The fourth-order valence-electron chi connectivity index (χ4n) is 1.81. The van der Waals surface area contributed by atoms with Gasteiger partial charge in [-0.05, 0) is 31.5 Å². The van der Waals surface area contributed by atoms with E-state index in [0.717, 1.165) is 31.6 Å². The van der Waals surface area contributed by atoms with E-state index in [-0.39, 0.29) is 6.54 Å². The second-order valence-electron chi connectivity index (χ2n) is 3.63. The minimum atomic E-state index is 0.245. The number of hydrogen-bond acceptors (Lipinski definition) is 4. The minimum Gasteiger partial charge on any atom is -0.361 e. The molecule has 1 N–H and O–H groups in total. The van der Waals surface area contributed by atoms with Crippen molar-refractivity contribution in [2.24, 2.45) is 5.11 Å². The van der Waals surface area contributed by atoms with Crippen molar-refractivity contribution >= 4 is 0 Å². The van der Waals surface area contributed by atoms with Crippen LogP contribution in [0.1, 0.15) is 30.2 Å². The third-order valence-electron chi connectivity index (χ3n) is 2.62. The van der Waals surface area contributed by atoms with Gasteiger partial charge < -0.3 is 9.84 Å². The number of hydrogen-bond donors (Lipinski definition) is 1. The Morgan fingerprint density at radius 2 is 2.40 bits per heavy atom. The van der Waals surface area contributed by atoms with E-state index in [1.807, 2.05) is 6.07 Å². The monoisotopic (exact) mass is 207 g/mol. The summed E-state index contributed by atoms with van der Waals surface area (Å²) < 4.78 is 5.08. The maximum Gasteiger partial charge on any atom is 0.142 e. The Hall–Kier alpha value is -1.52. The van der Waals surface area contributed by atoms with Gasteiger partial charge in [-0.1, -0.05) is 10.3 Å². The third-order valence-corrected chi connectivity index (χ3v) is 2.62. The Morgan fingerprint density at radius 3 is 3.13 bits per heavy atom. The second kappa shape index (κ2) is 4.82. The largest absolute Gasteiger partial charge is 0.361 e. The zero-order valence-electron chi connectivity index (χ0n) is 8.39. The molecule has 1 aromatic heterocycles. The van der Waals surface area contributed by atoms with Crippen LogP contribution in [-0.4, -0.2) is 18.2 Å². The van der Waals surface area contributed by atoms with Crippen molar-refractivity contribution in [1.82, 2.24) is 10.5 Å². The molecule has 1 saturated heterocycles. The molecule has 0 aliphatic carbocycles. The van der Waals surface area contributed by atoms with Gasteiger partial charge in [-0.15, -0.1) is 0 Å². The zero-order chi connectivity index (χ0) is 10.5. The molecule has 6 heteroatoms. The van der Waals surface area contributed by atoms with Crippen molar-refractivity contribution < 1.29 is 4.52 Å². The molecule has 80 valence electrons. The van der Waals surface area contributed by atoms with Crippen LogP contribution in [0.4, 0.5) is 0 Å². The average Bonchev–Trinajstić information content (AvgIpc) is 2.76. The number of nitrogens with one attached hydrogen (secondary N) is 1. The van der Waals surface area contributed by atoms with Gasteiger partial charge in [0.25, 0.3) is 0 Å². The molecular weight excluding hydrogens is 194 g/mol. The summed E-state index contributed by atoms with van der Waals surface area (Å²) in [7, 11) is 0. The van der Waals surface area contributed by atoms with Crippen LogP contribution < -0.4 is 5.32 Å². The molecule has 0 unspecified atom stereocenters. The lowest BCUT2D eigenvalue weighted by atomic mass is 9.95. The van der Waals surface area contributed by atoms with Crippen LogP contribution in [0.3, 0.4) is 0 Å². The van der Waals surface area contributed by atoms with Crippen molar-refractivity contribution in [3.05, 3.63) is 28.0 Å². The lowest BCUT2D eigenvalue weighted by Crippen LogP contribution is -2.26. The summed E-state index contributed by atoms with van der Waals surface area (Å²) in [5, 5.41) is 10.7. The summed E-state index contributed by atoms with van der Waals surface area (Å²) in [5.74, 6) is 1.12. The molecule has 0 amide bonds. The van der Waals surface area contributed by atoms with Crippen LogP contribution in [0.25, 0.3) is 10.4 Å². The van der Waals surface area contributed by atoms with Gasteiger partial charge in [0.2, 0.25) is 0 Å². The first-order valence-corrected chi connectivity index (χ1v) is 5.07. The predicted octanol–water partition coefficient (Wildman–Crippen LogP) is 1.95. The van der Waals surface area contributed by atoms with E-state index in [2.05, 4.69) is 20.5 Å². The van der Waals surface area contributed by atoms with E-state index in [1.165, 1.54) is 0 Å². The molecule has 0 aromatic carbocycles. The van der Waals surface area contributed by atoms with Crippen molar-refractivity contribution in [2.45, 2.75) is 25.3 Å². The van der Waals surface area contributed by atoms with E-state index in [1.54, 1.807) is 0 Å². The van der Waals surface area contributed by atoms with E-state index in [0.29, 0.717) is 11.7 Å². The topological polar surface area (TPSA) is 86.8 Å². The van der Waals surface area contributed by atoms with Gasteiger partial charge >= 0.3 is 0 Å². The van der Waals surface area contributed by atoms with Gasteiger partial charge in [-0.2, -0.15) is 0 Å². The molecule has 0 radical (unpaired) electrons. The summed E-state index contributed by atoms with van der Waals surface area (Å²) in [6.45, 7) is 2.31. The van der Waals surface area contributed by atoms with Crippen LogP contribution in [-0.2, 0) is 6.54 Å². The van der Waals surface area contributed by atoms with Gasteiger partial charge in [-0.25, -0.2) is 0 Å². The Labute approximate surface area is 87.3 Å². The molecular formula is C9H13N5O. The van der Waals surface area contributed by atoms with Gasteiger partial charge in [0.1, 0.15) is 5.76 Å². The normalized spacial score (nSPS) is 17.3. The summed E-state index contributed by atoms with van der Waals surface area (Å²) >= 11 is 0. The van der Waals surface area contributed by atoms with Crippen LogP contribution in [0.2, 0.25) is 0 Å².